The van der Waals surface area contributed by atoms with Crippen LogP contribution in [-0.4, -0.2) is 19.2 Å². The maximum Gasteiger partial charge on any atom is 0.238 e. The van der Waals surface area contributed by atoms with E-state index in [0.717, 1.165) is 11.1 Å². The van der Waals surface area contributed by atoms with Gasteiger partial charge in [-0.15, -0.1) is 0 Å². The summed E-state index contributed by atoms with van der Waals surface area (Å²) in [5.41, 5.74) is 2.90. The number of fused-ring (bicyclic) bond motifs is 1. The molecule has 1 heterocycles. The molecule has 0 aromatic heterocycles. The smallest absolute Gasteiger partial charge is 0.238 e. The summed E-state index contributed by atoms with van der Waals surface area (Å²) in [7, 11) is 0. The van der Waals surface area contributed by atoms with Crippen molar-refractivity contribution in [3.63, 3.8) is 0 Å². The first-order valence-corrected chi connectivity index (χ1v) is 8.82. The normalized spacial score (nSPS) is 12.2. The second kappa shape index (κ2) is 7.93. The van der Waals surface area contributed by atoms with Crippen molar-refractivity contribution in [2.45, 2.75) is 6.04 Å². The number of amides is 1. The van der Waals surface area contributed by atoms with Gasteiger partial charge >= 0.3 is 0 Å². The third kappa shape index (κ3) is 4.10. The van der Waals surface area contributed by atoms with E-state index in [2.05, 4.69) is 34.9 Å². The molecule has 27 heavy (non-hydrogen) atoms. The lowest BCUT2D eigenvalue weighted by Gasteiger charge is -2.19. The second-order valence-corrected chi connectivity index (χ2v) is 6.25. The van der Waals surface area contributed by atoms with Crippen LogP contribution in [0.15, 0.2) is 78.9 Å². The summed E-state index contributed by atoms with van der Waals surface area (Å²) < 4.78 is 10.6. The molecule has 0 fully saturated rings. The molecule has 0 saturated heterocycles. The lowest BCUT2D eigenvalue weighted by molar-refractivity contribution is -0.115. The van der Waals surface area contributed by atoms with Crippen molar-refractivity contribution in [3.05, 3.63) is 90.0 Å². The van der Waals surface area contributed by atoms with Crippen LogP contribution in [0.5, 0.6) is 11.5 Å². The van der Waals surface area contributed by atoms with E-state index in [4.69, 9.17) is 9.47 Å². The molecule has 2 N–H and O–H groups in total. The van der Waals surface area contributed by atoms with Crippen LogP contribution in [-0.2, 0) is 4.79 Å². The summed E-state index contributed by atoms with van der Waals surface area (Å²) in [6.07, 6.45) is 0. The third-order valence-electron chi connectivity index (χ3n) is 4.39. The highest BCUT2D eigenvalue weighted by Gasteiger charge is 2.16. The van der Waals surface area contributed by atoms with E-state index in [0.29, 0.717) is 17.2 Å². The largest absolute Gasteiger partial charge is 0.454 e. The molecule has 5 heteroatoms. The first-order chi connectivity index (χ1) is 13.3. The average molecular weight is 360 g/mol. The number of carbonyl (C=O) groups excluding carboxylic acids is 1. The number of carbonyl (C=O) groups is 1. The highest BCUT2D eigenvalue weighted by molar-refractivity contribution is 5.92. The van der Waals surface area contributed by atoms with Crippen LogP contribution in [0.25, 0.3) is 0 Å². The van der Waals surface area contributed by atoms with E-state index in [9.17, 15) is 4.79 Å². The molecule has 0 unspecified atom stereocenters. The van der Waals surface area contributed by atoms with Gasteiger partial charge in [0.2, 0.25) is 12.7 Å². The van der Waals surface area contributed by atoms with E-state index in [-0.39, 0.29) is 25.3 Å². The highest BCUT2D eigenvalue weighted by atomic mass is 16.7. The Morgan fingerprint density at radius 3 is 2.15 bits per heavy atom. The van der Waals surface area contributed by atoms with E-state index < -0.39 is 0 Å². The number of hydrogen-bond donors (Lipinski definition) is 2. The van der Waals surface area contributed by atoms with Gasteiger partial charge in [0.05, 0.1) is 12.6 Å². The van der Waals surface area contributed by atoms with Crippen LogP contribution in [0.2, 0.25) is 0 Å². The Kier molecular flexibility index (Phi) is 5.03. The maximum atomic E-state index is 12.4. The number of hydrogen-bond acceptors (Lipinski definition) is 4. The molecular weight excluding hydrogens is 340 g/mol. The van der Waals surface area contributed by atoms with Gasteiger partial charge in [-0.05, 0) is 23.3 Å². The fourth-order valence-electron chi connectivity index (χ4n) is 3.09. The van der Waals surface area contributed by atoms with Crippen molar-refractivity contribution in [1.82, 2.24) is 5.32 Å². The van der Waals surface area contributed by atoms with Crippen molar-refractivity contribution in [3.8, 4) is 11.5 Å². The zero-order valence-corrected chi connectivity index (χ0v) is 14.7. The minimum Gasteiger partial charge on any atom is -0.454 e. The molecule has 0 atom stereocenters. The summed E-state index contributed by atoms with van der Waals surface area (Å²) in [6.45, 7) is 0.396. The Labute approximate surface area is 157 Å². The average Bonchev–Trinajstić information content (AvgIpc) is 3.18. The fraction of sp³-hybridized carbons (Fsp3) is 0.136. The van der Waals surface area contributed by atoms with Crippen LogP contribution < -0.4 is 20.1 Å². The molecule has 0 bridgehead atoms. The lowest BCUT2D eigenvalue weighted by atomic mass is 9.99. The minimum absolute atomic E-state index is 0.0603. The summed E-state index contributed by atoms with van der Waals surface area (Å²) in [5, 5.41) is 6.25. The number of anilines is 1. The van der Waals surface area contributed by atoms with Gasteiger partial charge in [0.15, 0.2) is 11.5 Å². The summed E-state index contributed by atoms with van der Waals surface area (Å²) >= 11 is 0. The van der Waals surface area contributed by atoms with Gasteiger partial charge in [-0.2, -0.15) is 0 Å². The Morgan fingerprint density at radius 2 is 1.48 bits per heavy atom. The van der Waals surface area contributed by atoms with Gasteiger partial charge < -0.3 is 14.8 Å². The van der Waals surface area contributed by atoms with Crippen molar-refractivity contribution in [2.75, 3.05) is 18.7 Å². The highest BCUT2D eigenvalue weighted by Crippen LogP contribution is 2.34. The molecule has 1 aliphatic heterocycles. The Morgan fingerprint density at radius 1 is 0.852 bits per heavy atom. The van der Waals surface area contributed by atoms with E-state index >= 15 is 0 Å². The van der Waals surface area contributed by atoms with Crippen molar-refractivity contribution in [1.29, 1.82) is 0 Å². The van der Waals surface area contributed by atoms with E-state index in [1.165, 1.54) is 0 Å². The Hall–Kier alpha value is -3.31. The van der Waals surface area contributed by atoms with Crippen molar-refractivity contribution in [2.24, 2.45) is 0 Å². The van der Waals surface area contributed by atoms with E-state index in [1.807, 2.05) is 36.4 Å². The quantitative estimate of drug-likeness (QED) is 0.703. The standard InChI is InChI=1S/C22H20N2O3/c25-21(24-18-11-12-19-20(13-18)27-15-26-19)14-23-22(16-7-3-1-4-8-16)17-9-5-2-6-10-17/h1-13,22-23H,14-15H2,(H,24,25). The van der Waals surface area contributed by atoms with Gasteiger partial charge in [-0.1, -0.05) is 60.7 Å². The first-order valence-electron chi connectivity index (χ1n) is 8.82. The SMILES string of the molecule is O=C(CNC(c1ccccc1)c1ccccc1)Nc1ccc2c(c1)OCO2. The molecular formula is C22H20N2O3. The van der Waals surface area contributed by atoms with Crippen LogP contribution in [0, 0.1) is 0 Å². The van der Waals surface area contributed by atoms with E-state index in [1.54, 1.807) is 18.2 Å². The molecule has 136 valence electrons. The zero-order valence-electron chi connectivity index (χ0n) is 14.7. The number of benzene rings is 3. The zero-order chi connectivity index (χ0) is 18.5. The third-order valence-corrected chi connectivity index (χ3v) is 4.39. The molecule has 3 aromatic carbocycles. The van der Waals surface area contributed by atoms with Gasteiger partial charge in [-0.3, -0.25) is 10.1 Å². The summed E-state index contributed by atoms with van der Waals surface area (Å²) in [5.74, 6) is 1.22. The molecule has 0 saturated carbocycles. The summed E-state index contributed by atoms with van der Waals surface area (Å²) in [6, 6.07) is 25.5. The monoisotopic (exact) mass is 360 g/mol. The predicted molar refractivity (Wildman–Crippen MR) is 104 cm³/mol. The molecule has 0 aliphatic carbocycles. The van der Waals surface area contributed by atoms with Crippen LogP contribution in [0.1, 0.15) is 17.2 Å². The molecule has 0 radical (unpaired) electrons. The Balaban J connectivity index is 1.44. The first kappa shape index (κ1) is 17.1. The van der Waals surface area contributed by atoms with Gasteiger partial charge in [0.25, 0.3) is 0 Å². The fourth-order valence-corrected chi connectivity index (χ4v) is 3.09. The Bertz CT molecular complexity index is 874. The molecule has 4 rings (SSSR count). The number of ether oxygens (including phenoxy) is 2. The van der Waals surface area contributed by atoms with Gasteiger partial charge in [0.1, 0.15) is 0 Å². The topological polar surface area (TPSA) is 59.6 Å². The van der Waals surface area contributed by atoms with Crippen LogP contribution >= 0.6 is 0 Å². The molecule has 5 nitrogen and oxygen atoms in total. The lowest BCUT2D eigenvalue weighted by Crippen LogP contribution is -2.31. The van der Waals surface area contributed by atoms with Crippen molar-refractivity contribution >= 4 is 11.6 Å². The minimum atomic E-state index is -0.120. The van der Waals surface area contributed by atoms with Gasteiger partial charge in [0, 0.05) is 11.8 Å². The molecule has 1 amide bonds. The van der Waals surface area contributed by atoms with Crippen LogP contribution in [0.3, 0.4) is 0 Å². The number of nitrogens with one attached hydrogen (secondary N) is 2. The number of rotatable bonds is 6. The van der Waals surface area contributed by atoms with Crippen LogP contribution in [0.4, 0.5) is 5.69 Å². The second-order valence-electron chi connectivity index (χ2n) is 6.25. The predicted octanol–water partition coefficient (Wildman–Crippen LogP) is 3.73. The summed E-state index contributed by atoms with van der Waals surface area (Å²) in [4.78, 5) is 12.4. The molecule has 0 spiro atoms. The van der Waals surface area contributed by atoms with Gasteiger partial charge in [-0.25, -0.2) is 0 Å². The van der Waals surface area contributed by atoms with Crippen molar-refractivity contribution < 1.29 is 14.3 Å². The maximum absolute atomic E-state index is 12.4. The molecule has 3 aromatic rings. The molecule has 1 aliphatic rings.